The van der Waals surface area contributed by atoms with Gasteiger partial charge in [0.15, 0.2) is 0 Å². The summed E-state index contributed by atoms with van der Waals surface area (Å²) in [6.07, 6.45) is 2.33. The largest absolute Gasteiger partial charge is 0.349 e. The van der Waals surface area contributed by atoms with Crippen molar-refractivity contribution in [3.05, 3.63) is 0 Å². The van der Waals surface area contributed by atoms with Crippen LogP contribution in [0.2, 0.25) is 0 Å². The summed E-state index contributed by atoms with van der Waals surface area (Å²) in [5, 5.41) is 3.11. The van der Waals surface area contributed by atoms with Crippen molar-refractivity contribution < 1.29 is 4.79 Å². The van der Waals surface area contributed by atoms with Crippen LogP contribution in [0, 0.1) is 11.3 Å². The Kier molecular flexibility index (Phi) is 6.53. The van der Waals surface area contributed by atoms with Crippen LogP contribution in [0.3, 0.4) is 0 Å². The van der Waals surface area contributed by atoms with Crippen molar-refractivity contribution in [3.63, 3.8) is 0 Å². The molecule has 1 amide bonds. The van der Waals surface area contributed by atoms with Gasteiger partial charge in [-0.2, -0.15) is 0 Å². The van der Waals surface area contributed by atoms with E-state index in [1.165, 1.54) is 0 Å². The normalized spacial score (nSPS) is 14.5. The van der Waals surface area contributed by atoms with Crippen LogP contribution >= 0.6 is 11.6 Å². The average molecular weight is 262 g/mol. The Balaban J connectivity index is 4.45. The van der Waals surface area contributed by atoms with Gasteiger partial charge >= 0.3 is 0 Å². The fourth-order valence-electron chi connectivity index (χ4n) is 1.58. The zero-order chi connectivity index (χ0) is 13.7. The molecule has 0 heterocycles. The molecule has 0 aliphatic carbocycles. The maximum absolute atomic E-state index is 12.0. The van der Waals surface area contributed by atoms with Gasteiger partial charge in [-0.1, -0.05) is 41.5 Å². The van der Waals surface area contributed by atoms with E-state index >= 15 is 0 Å². The smallest absolute Gasteiger partial charge is 0.220 e. The fraction of sp³-hybridized carbons (Fsp3) is 0.929. The lowest BCUT2D eigenvalue weighted by Crippen LogP contribution is -2.49. The quantitative estimate of drug-likeness (QED) is 0.720. The third-order valence-electron chi connectivity index (χ3n) is 3.98. The maximum Gasteiger partial charge on any atom is 0.220 e. The Bertz CT molecular complexity index is 233. The van der Waals surface area contributed by atoms with Crippen LogP contribution in [0.25, 0.3) is 0 Å². The predicted molar refractivity (Wildman–Crippen MR) is 75.4 cm³/mol. The molecule has 0 aromatic carbocycles. The number of halogens is 1. The van der Waals surface area contributed by atoms with Gasteiger partial charge in [0.2, 0.25) is 5.91 Å². The zero-order valence-electron chi connectivity index (χ0n) is 12.2. The average Bonchev–Trinajstić information content (AvgIpc) is 2.24. The van der Waals surface area contributed by atoms with Crippen molar-refractivity contribution >= 4 is 17.5 Å². The molecule has 1 unspecified atom stereocenters. The first-order chi connectivity index (χ1) is 7.70. The second-order valence-electron chi connectivity index (χ2n) is 6.14. The molecule has 3 heteroatoms. The molecule has 0 fully saturated rings. The molecule has 1 atom stereocenters. The lowest BCUT2D eigenvalue weighted by molar-refractivity contribution is -0.124. The number of carbonyl (C=O) groups is 1. The van der Waals surface area contributed by atoms with E-state index < -0.39 is 0 Å². The van der Waals surface area contributed by atoms with Gasteiger partial charge in [-0.25, -0.2) is 0 Å². The molecule has 0 aliphatic heterocycles. The molecule has 0 radical (unpaired) electrons. The molecule has 17 heavy (non-hydrogen) atoms. The van der Waals surface area contributed by atoms with Crippen LogP contribution in [0.1, 0.15) is 60.8 Å². The summed E-state index contributed by atoms with van der Waals surface area (Å²) in [4.78, 5) is 12.0. The Labute approximate surface area is 111 Å². The monoisotopic (exact) mass is 261 g/mol. The molecule has 0 spiro atoms. The molecule has 0 saturated carbocycles. The highest BCUT2D eigenvalue weighted by molar-refractivity contribution is 6.18. The number of hydrogen-bond donors (Lipinski definition) is 1. The van der Waals surface area contributed by atoms with Crippen LogP contribution in [0.15, 0.2) is 0 Å². The highest BCUT2D eigenvalue weighted by atomic mass is 35.5. The molecule has 0 bridgehead atoms. The summed E-state index contributed by atoms with van der Waals surface area (Å²) in [6, 6.07) is 0. The van der Waals surface area contributed by atoms with Gasteiger partial charge in [-0.15, -0.1) is 11.6 Å². The van der Waals surface area contributed by atoms with Crippen molar-refractivity contribution in [1.82, 2.24) is 5.32 Å². The molecule has 0 aliphatic rings. The van der Waals surface area contributed by atoms with Crippen LogP contribution in [0.5, 0.6) is 0 Å². The minimum absolute atomic E-state index is 0.122. The first kappa shape index (κ1) is 16.8. The van der Waals surface area contributed by atoms with E-state index in [1.54, 1.807) is 0 Å². The van der Waals surface area contributed by atoms with E-state index in [0.717, 1.165) is 12.8 Å². The second-order valence-corrected chi connectivity index (χ2v) is 6.41. The van der Waals surface area contributed by atoms with E-state index in [1.807, 2.05) is 0 Å². The van der Waals surface area contributed by atoms with Crippen LogP contribution < -0.4 is 5.32 Å². The van der Waals surface area contributed by atoms with Crippen molar-refractivity contribution in [3.8, 4) is 0 Å². The van der Waals surface area contributed by atoms with E-state index in [9.17, 15) is 4.79 Å². The van der Waals surface area contributed by atoms with Gasteiger partial charge in [0.1, 0.15) is 0 Å². The molecular weight excluding hydrogens is 234 g/mol. The summed E-state index contributed by atoms with van der Waals surface area (Å²) in [5.41, 5.74) is -0.0599. The van der Waals surface area contributed by atoms with Crippen LogP contribution in [-0.4, -0.2) is 17.3 Å². The molecule has 1 N–H and O–H groups in total. The predicted octanol–water partition coefficient (Wildman–Crippen LogP) is 3.97. The van der Waals surface area contributed by atoms with Crippen molar-refractivity contribution in [2.24, 2.45) is 11.3 Å². The summed E-state index contributed by atoms with van der Waals surface area (Å²) in [7, 11) is 0. The van der Waals surface area contributed by atoms with E-state index in [-0.39, 0.29) is 16.9 Å². The molecule has 0 saturated heterocycles. The summed E-state index contributed by atoms with van der Waals surface area (Å²) >= 11 is 5.98. The Hall–Kier alpha value is -0.240. The third-order valence-corrected chi connectivity index (χ3v) is 4.50. The van der Waals surface area contributed by atoms with Gasteiger partial charge in [0.05, 0.1) is 5.54 Å². The van der Waals surface area contributed by atoms with Gasteiger partial charge in [-0.3, -0.25) is 4.79 Å². The minimum Gasteiger partial charge on any atom is -0.349 e. The highest BCUT2D eigenvalue weighted by Crippen LogP contribution is 2.28. The summed E-state index contributed by atoms with van der Waals surface area (Å²) in [6.45, 7) is 12.8. The minimum atomic E-state index is -0.226. The van der Waals surface area contributed by atoms with Crippen molar-refractivity contribution in [1.29, 1.82) is 0 Å². The van der Waals surface area contributed by atoms with Gasteiger partial charge in [-0.05, 0) is 24.2 Å². The number of amides is 1. The number of nitrogens with one attached hydrogen (secondary N) is 1. The maximum atomic E-state index is 12.0. The molecule has 2 nitrogen and oxygen atoms in total. The second kappa shape index (κ2) is 6.63. The molecule has 0 aromatic rings. The molecular formula is C14H28ClNO. The number of carbonyl (C=O) groups excluding carboxylic acids is 1. The molecule has 102 valence electrons. The summed E-state index contributed by atoms with van der Waals surface area (Å²) in [5.74, 6) is 0.969. The lowest BCUT2D eigenvalue weighted by atomic mass is 9.80. The Morgan fingerprint density at radius 3 is 2.00 bits per heavy atom. The van der Waals surface area contributed by atoms with Crippen LogP contribution in [0.4, 0.5) is 0 Å². The first-order valence-corrected chi connectivity index (χ1v) is 7.11. The zero-order valence-corrected chi connectivity index (χ0v) is 12.9. The van der Waals surface area contributed by atoms with Crippen molar-refractivity contribution in [2.75, 3.05) is 5.88 Å². The fourth-order valence-corrected chi connectivity index (χ4v) is 2.03. The van der Waals surface area contributed by atoms with E-state index in [4.69, 9.17) is 11.6 Å². The van der Waals surface area contributed by atoms with Gasteiger partial charge in [0.25, 0.3) is 0 Å². The van der Waals surface area contributed by atoms with E-state index in [2.05, 4.69) is 46.9 Å². The molecule has 0 aromatic heterocycles. The topological polar surface area (TPSA) is 29.1 Å². The summed E-state index contributed by atoms with van der Waals surface area (Å²) < 4.78 is 0. The highest BCUT2D eigenvalue weighted by Gasteiger charge is 2.29. The van der Waals surface area contributed by atoms with Gasteiger partial charge < -0.3 is 5.32 Å². The lowest BCUT2D eigenvalue weighted by Gasteiger charge is -2.33. The SMILES string of the molecule is CCC(CC)(CCl)NC(=O)CC(C)C(C)(C)C. The van der Waals surface area contributed by atoms with Gasteiger partial charge in [0, 0.05) is 12.3 Å². The Morgan fingerprint density at radius 1 is 1.24 bits per heavy atom. The van der Waals surface area contributed by atoms with Crippen molar-refractivity contribution in [2.45, 2.75) is 66.3 Å². The van der Waals surface area contributed by atoms with E-state index in [0.29, 0.717) is 18.2 Å². The third kappa shape index (κ3) is 5.29. The first-order valence-electron chi connectivity index (χ1n) is 6.57. The van der Waals surface area contributed by atoms with Crippen LogP contribution in [-0.2, 0) is 4.79 Å². The number of hydrogen-bond acceptors (Lipinski definition) is 1. The molecule has 0 rings (SSSR count). The Morgan fingerprint density at radius 2 is 1.71 bits per heavy atom. The number of rotatable bonds is 6. The number of alkyl halides is 1. The standard InChI is InChI=1S/C14H28ClNO/c1-7-14(8-2,10-15)16-12(17)9-11(3)13(4,5)6/h11H,7-10H2,1-6H3,(H,16,17).